The summed E-state index contributed by atoms with van der Waals surface area (Å²) in [6, 6.07) is 0. The number of fused-ring (bicyclic) bond motifs is 3. The van der Waals surface area contributed by atoms with Crippen LogP contribution in [-0.4, -0.2) is 30.9 Å². The Labute approximate surface area is 187 Å². The molecule has 5 heteroatoms. The van der Waals surface area contributed by atoms with E-state index in [1.54, 1.807) is 6.92 Å². The van der Waals surface area contributed by atoms with Crippen molar-refractivity contribution < 1.29 is 23.9 Å². The third-order valence-corrected chi connectivity index (χ3v) is 8.73. The molecule has 0 aliphatic heterocycles. The molecule has 6 unspecified atom stereocenters. The minimum Gasteiger partial charge on any atom is -0.465 e. The maximum Gasteiger partial charge on any atom is 0.305 e. The first-order valence-corrected chi connectivity index (χ1v) is 12.1. The maximum absolute atomic E-state index is 13.7. The fourth-order valence-corrected chi connectivity index (χ4v) is 7.40. The lowest BCUT2D eigenvalue weighted by molar-refractivity contribution is -0.191. The lowest BCUT2D eigenvalue weighted by Crippen LogP contribution is -2.62. The van der Waals surface area contributed by atoms with E-state index in [4.69, 9.17) is 9.47 Å². The molecule has 6 atom stereocenters. The predicted octanol–water partition coefficient (Wildman–Crippen LogP) is 5.27. The van der Waals surface area contributed by atoms with Crippen LogP contribution in [-0.2, 0) is 23.9 Å². The SMILES string of the molecule is C=CCC12CC(C)CC1C1(COC(=O)CC)CCCC(C)(COC(=O)CC)C1CC2=O. The molecule has 0 spiro atoms. The van der Waals surface area contributed by atoms with Gasteiger partial charge in [-0.05, 0) is 49.9 Å². The standard InChI is InChI=1S/C26H40O5/c1-6-10-25-15-18(4)13-20(25)26(17-31-23(29)8-3)12-9-11-24(5,16-30-22(28)7-2)19(26)14-21(25)27/h6,18-20H,1,7-17H2,2-5H3. The Bertz CT molecular complexity index is 729. The van der Waals surface area contributed by atoms with Crippen LogP contribution in [0.4, 0.5) is 0 Å². The van der Waals surface area contributed by atoms with Crippen LogP contribution in [0.15, 0.2) is 12.7 Å². The number of ketones is 1. The number of ether oxygens (including phenoxy) is 2. The average molecular weight is 433 g/mol. The van der Waals surface area contributed by atoms with Crippen molar-refractivity contribution >= 4 is 17.7 Å². The van der Waals surface area contributed by atoms with Crippen LogP contribution in [0.1, 0.15) is 85.5 Å². The molecule has 31 heavy (non-hydrogen) atoms. The first kappa shape index (κ1) is 24.0. The second kappa shape index (κ2) is 9.07. The summed E-state index contributed by atoms with van der Waals surface area (Å²) in [5.74, 6) is 0.619. The van der Waals surface area contributed by atoms with E-state index in [-0.39, 0.29) is 34.6 Å². The van der Waals surface area contributed by atoms with Crippen LogP contribution >= 0.6 is 0 Å². The molecule has 3 saturated carbocycles. The molecule has 5 nitrogen and oxygen atoms in total. The minimum absolute atomic E-state index is 0.0452. The lowest BCUT2D eigenvalue weighted by Gasteiger charge is -2.61. The van der Waals surface area contributed by atoms with Gasteiger partial charge in [0.2, 0.25) is 0 Å². The van der Waals surface area contributed by atoms with Crippen LogP contribution in [0.25, 0.3) is 0 Å². The maximum atomic E-state index is 13.7. The summed E-state index contributed by atoms with van der Waals surface area (Å²) in [6.07, 6.45) is 8.50. The molecular formula is C26H40O5. The average Bonchev–Trinajstić information content (AvgIpc) is 3.10. The van der Waals surface area contributed by atoms with E-state index in [0.717, 1.165) is 32.1 Å². The van der Waals surface area contributed by atoms with Gasteiger partial charge in [-0.25, -0.2) is 0 Å². The van der Waals surface area contributed by atoms with Gasteiger partial charge in [0.15, 0.2) is 0 Å². The van der Waals surface area contributed by atoms with E-state index in [2.05, 4.69) is 20.4 Å². The zero-order valence-corrected chi connectivity index (χ0v) is 19.8. The monoisotopic (exact) mass is 432 g/mol. The molecule has 0 aromatic heterocycles. The molecule has 0 radical (unpaired) electrons. The Morgan fingerprint density at radius 3 is 2.35 bits per heavy atom. The van der Waals surface area contributed by atoms with Crippen LogP contribution in [0.3, 0.4) is 0 Å². The number of esters is 2. The summed E-state index contributed by atoms with van der Waals surface area (Å²) in [4.78, 5) is 37.9. The second-order valence-corrected chi connectivity index (χ2v) is 10.7. The highest BCUT2D eigenvalue weighted by atomic mass is 16.5. The Balaban J connectivity index is 2.04. The van der Waals surface area contributed by atoms with Crippen LogP contribution < -0.4 is 0 Å². The van der Waals surface area contributed by atoms with E-state index in [0.29, 0.717) is 50.6 Å². The largest absolute Gasteiger partial charge is 0.465 e. The van der Waals surface area contributed by atoms with Crippen molar-refractivity contribution in [3.8, 4) is 0 Å². The normalized spacial score (nSPS) is 39.4. The summed E-state index contributed by atoms with van der Waals surface area (Å²) < 4.78 is 11.5. The van der Waals surface area contributed by atoms with E-state index >= 15 is 0 Å². The Morgan fingerprint density at radius 1 is 1.10 bits per heavy atom. The number of carbonyl (C=O) groups is 3. The molecule has 3 fully saturated rings. The van der Waals surface area contributed by atoms with Gasteiger partial charge in [-0.1, -0.05) is 40.2 Å². The number of hydrogen-bond donors (Lipinski definition) is 0. The van der Waals surface area contributed by atoms with Gasteiger partial charge in [-0.3, -0.25) is 14.4 Å². The van der Waals surface area contributed by atoms with Gasteiger partial charge >= 0.3 is 11.9 Å². The zero-order valence-electron chi connectivity index (χ0n) is 19.8. The van der Waals surface area contributed by atoms with Crippen molar-refractivity contribution in [2.75, 3.05) is 13.2 Å². The van der Waals surface area contributed by atoms with Crippen molar-refractivity contribution in [1.29, 1.82) is 0 Å². The first-order chi connectivity index (χ1) is 14.7. The van der Waals surface area contributed by atoms with Crippen LogP contribution in [0.5, 0.6) is 0 Å². The Hall–Kier alpha value is -1.65. The molecule has 0 saturated heterocycles. The van der Waals surface area contributed by atoms with Crippen molar-refractivity contribution in [2.45, 2.75) is 85.5 Å². The molecule has 0 bridgehead atoms. The highest BCUT2D eigenvalue weighted by Gasteiger charge is 2.68. The fraction of sp³-hybridized carbons (Fsp3) is 0.808. The lowest BCUT2D eigenvalue weighted by atomic mass is 9.42. The van der Waals surface area contributed by atoms with Crippen LogP contribution in [0.2, 0.25) is 0 Å². The molecule has 3 aliphatic rings. The highest BCUT2D eigenvalue weighted by Crippen LogP contribution is 2.69. The number of Topliss-reactive ketones (excluding diaryl/α,β-unsaturated/α-hetero) is 1. The summed E-state index contributed by atoms with van der Waals surface area (Å²) in [7, 11) is 0. The molecule has 0 N–H and O–H groups in total. The quantitative estimate of drug-likeness (QED) is 0.386. The molecule has 3 rings (SSSR count). The van der Waals surface area contributed by atoms with Gasteiger partial charge in [-0.2, -0.15) is 0 Å². The molecule has 0 amide bonds. The third kappa shape index (κ3) is 4.09. The topological polar surface area (TPSA) is 69.7 Å². The number of rotatable bonds is 8. The van der Waals surface area contributed by atoms with Crippen molar-refractivity contribution in [3.05, 3.63) is 12.7 Å². The predicted molar refractivity (Wildman–Crippen MR) is 119 cm³/mol. The van der Waals surface area contributed by atoms with Crippen molar-refractivity contribution in [3.63, 3.8) is 0 Å². The van der Waals surface area contributed by atoms with E-state index in [1.165, 1.54) is 0 Å². The second-order valence-electron chi connectivity index (χ2n) is 10.7. The smallest absolute Gasteiger partial charge is 0.305 e. The Morgan fingerprint density at radius 2 is 1.74 bits per heavy atom. The van der Waals surface area contributed by atoms with Gasteiger partial charge < -0.3 is 9.47 Å². The van der Waals surface area contributed by atoms with E-state index < -0.39 is 5.41 Å². The first-order valence-electron chi connectivity index (χ1n) is 12.1. The van der Waals surface area contributed by atoms with Gasteiger partial charge in [0.05, 0.1) is 13.2 Å². The summed E-state index contributed by atoms with van der Waals surface area (Å²) in [6.45, 7) is 12.7. The molecule has 3 aliphatic carbocycles. The van der Waals surface area contributed by atoms with Crippen molar-refractivity contribution in [2.24, 2.45) is 34.0 Å². The Kier molecular flexibility index (Phi) is 7.02. The zero-order chi connectivity index (χ0) is 22.9. The van der Waals surface area contributed by atoms with E-state index in [1.807, 2.05) is 13.0 Å². The van der Waals surface area contributed by atoms with E-state index in [9.17, 15) is 14.4 Å². The third-order valence-electron chi connectivity index (χ3n) is 8.73. The summed E-state index contributed by atoms with van der Waals surface area (Å²) in [5.41, 5.74) is -0.934. The molecule has 0 aromatic carbocycles. The van der Waals surface area contributed by atoms with Gasteiger partial charge in [-0.15, -0.1) is 6.58 Å². The summed E-state index contributed by atoms with van der Waals surface area (Å²) in [5, 5.41) is 0. The van der Waals surface area contributed by atoms with Gasteiger partial charge in [0.1, 0.15) is 5.78 Å². The van der Waals surface area contributed by atoms with Crippen LogP contribution in [0, 0.1) is 34.0 Å². The highest BCUT2D eigenvalue weighted by molar-refractivity contribution is 5.87. The minimum atomic E-state index is -0.394. The van der Waals surface area contributed by atoms with Gasteiger partial charge in [0, 0.05) is 35.5 Å². The van der Waals surface area contributed by atoms with Gasteiger partial charge in [0.25, 0.3) is 0 Å². The fourth-order valence-electron chi connectivity index (χ4n) is 7.40. The molecule has 0 heterocycles. The van der Waals surface area contributed by atoms with Crippen molar-refractivity contribution in [1.82, 2.24) is 0 Å². The number of hydrogen-bond acceptors (Lipinski definition) is 5. The molecule has 174 valence electrons. The number of carbonyl (C=O) groups excluding carboxylic acids is 3. The summed E-state index contributed by atoms with van der Waals surface area (Å²) >= 11 is 0. The number of allylic oxidation sites excluding steroid dienone is 1. The molecular weight excluding hydrogens is 392 g/mol. The molecule has 0 aromatic rings.